The van der Waals surface area contributed by atoms with Crippen molar-refractivity contribution in [3.05, 3.63) is 127 Å². The molecule has 0 aliphatic heterocycles. The van der Waals surface area contributed by atoms with Crippen molar-refractivity contribution in [3.63, 3.8) is 0 Å². The van der Waals surface area contributed by atoms with E-state index in [0.717, 1.165) is 19.9 Å². The molecule has 0 aliphatic carbocycles. The molecule has 0 N–H and O–H groups in total. The average Bonchev–Trinajstić information content (AvgIpc) is 3.36. The van der Waals surface area contributed by atoms with Crippen molar-refractivity contribution in [2.24, 2.45) is 5.10 Å². The average molecular weight is 647 g/mol. The summed E-state index contributed by atoms with van der Waals surface area (Å²) in [6.07, 6.45) is 1.55. The van der Waals surface area contributed by atoms with Crippen LogP contribution in [0.4, 0.5) is 4.39 Å². The molecule has 0 amide bonds. The number of rotatable bonds is 6. The fourth-order valence-corrected chi connectivity index (χ4v) is 4.89. The van der Waals surface area contributed by atoms with Crippen molar-refractivity contribution in [2.45, 2.75) is 6.61 Å². The molecule has 0 radical (unpaired) electrons. The first kappa shape index (κ1) is 25.2. The number of aromatic nitrogens is 2. The summed E-state index contributed by atoms with van der Waals surface area (Å²) >= 11 is 6.97. The van der Waals surface area contributed by atoms with E-state index in [4.69, 9.17) is 14.1 Å². The SMILES string of the molecule is O=c1c2ccccc2nc(-c2cc3cc(Br)ccc3o2)n1N=Cc1cc(Br)ccc1OCc1ccc(F)cc1. The Hall–Kier alpha value is -4.08. The molecule has 192 valence electrons. The largest absolute Gasteiger partial charge is 0.488 e. The Bertz CT molecular complexity index is 1930. The molecule has 0 aliphatic rings. The summed E-state index contributed by atoms with van der Waals surface area (Å²) in [5.41, 5.74) is 2.31. The van der Waals surface area contributed by atoms with Crippen molar-refractivity contribution in [1.29, 1.82) is 0 Å². The van der Waals surface area contributed by atoms with Gasteiger partial charge in [0.05, 0.1) is 17.1 Å². The van der Waals surface area contributed by atoms with Crippen LogP contribution in [-0.2, 0) is 6.61 Å². The molecule has 4 aromatic carbocycles. The maximum absolute atomic E-state index is 13.6. The van der Waals surface area contributed by atoms with Gasteiger partial charge in [0.2, 0.25) is 5.82 Å². The van der Waals surface area contributed by atoms with E-state index in [1.807, 2.05) is 42.5 Å². The Kier molecular flexibility index (Phi) is 6.85. The van der Waals surface area contributed by atoms with Crippen LogP contribution in [0.2, 0.25) is 0 Å². The highest BCUT2D eigenvalue weighted by Crippen LogP contribution is 2.29. The van der Waals surface area contributed by atoms with Crippen molar-refractivity contribution < 1.29 is 13.5 Å². The second kappa shape index (κ2) is 10.6. The van der Waals surface area contributed by atoms with E-state index in [1.165, 1.54) is 16.8 Å². The molecular formula is C30H18Br2FN3O3. The molecule has 2 aromatic heterocycles. The van der Waals surface area contributed by atoms with Gasteiger partial charge in [-0.25, -0.2) is 9.37 Å². The summed E-state index contributed by atoms with van der Waals surface area (Å²) in [5, 5.41) is 5.85. The zero-order valence-corrected chi connectivity index (χ0v) is 23.3. The van der Waals surface area contributed by atoms with Gasteiger partial charge in [-0.15, -0.1) is 0 Å². The normalized spacial score (nSPS) is 11.6. The third kappa shape index (κ3) is 5.28. The van der Waals surface area contributed by atoms with E-state index in [0.29, 0.717) is 33.6 Å². The van der Waals surface area contributed by atoms with Crippen molar-refractivity contribution >= 4 is 59.9 Å². The summed E-state index contributed by atoms with van der Waals surface area (Å²) in [6.45, 7) is 0.236. The Morgan fingerprint density at radius 2 is 1.72 bits per heavy atom. The molecule has 6 nitrogen and oxygen atoms in total. The lowest BCUT2D eigenvalue weighted by Gasteiger charge is -2.11. The van der Waals surface area contributed by atoms with Crippen LogP contribution >= 0.6 is 31.9 Å². The molecule has 0 atom stereocenters. The van der Waals surface area contributed by atoms with E-state index < -0.39 is 0 Å². The highest BCUT2D eigenvalue weighted by atomic mass is 79.9. The van der Waals surface area contributed by atoms with Crippen LogP contribution in [-0.4, -0.2) is 15.9 Å². The molecule has 2 heterocycles. The molecular weight excluding hydrogens is 629 g/mol. The van der Waals surface area contributed by atoms with Crippen molar-refractivity contribution in [1.82, 2.24) is 9.66 Å². The minimum absolute atomic E-state index is 0.236. The quantitative estimate of drug-likeness (QED) is 0.172. The summed E-state index contributed by atoms with van der Waals surface area (Å²) in [6, 6.07) is 26.2. The van der Waals surface area contributed by atoms with Crippen LogP contribution in [0, 0.1) is 5.82 Å². The smallest absolute Gasteiger partial charge is 0.282 e. The second-order valence-electron chi connectivity index (χ2n) is 8.70. The molecule has 0 saturated heterocycles. The molecule has 6 aromatic rings. The minimum atomic E-state index is -0.336. The van der Waals surface area contributed by atoms with Crippen LogP contribution in [0.15, 0.2) is 114 Å². The lowest BCUT2D eigenvalue weighted by Crippen LogP contribution is -2.20. The predicted molar refractivity (Wildman–Crippen MR) is 157 cm³/mol. The number of para-hydroxylation sites is 1. The van der Waals surface area contributed by atoms with Gasteiger partial charge in [0.15, 0.2) is 5.76 Å². The zero-order valence-electron chi connectivity index (χ0n) is 20.1. The van der Waals surface area contributed by atoms with Gasteiger partial charge in [0.1, 0.15) is 23.8 Å². The number of nitrogens with zero attached hydrogens (tertiary/aromatic N) is 3. The van der Waals surface area contributed by atoms with Crippen LogP contribution in [0.5, 0.6) is 5.75 Å². The Morgan fingerprint density at radius 1 is 0.949 bits per heavy atom. The van der Waals surface area contributed by atoms with Crippen LogP contribution in [0.3, 0.4) is 0 Å². The first-order valence-electron chi connectivity index (χ1n) is 11.9. The fraction of sp³-hybridized carbons (Fsp3) is 0.0333. The summed E-state index contributed by atoms with van der Waals surface area (Å²) in [5.74, 6) is 0.914. The highest BCUT2D eigenvalue weighted by Gasteiger charge is 2.17. The van der Waals surface area contributed by atoms with Gasteiger partial charge >= 0.3 is 0 Å². The summed E-state index contributed by atoms with van der Waals surface area (Å²) < 4.78 is 28.3. The first-order chi connectivity index (χ1) is 18.9. The van der Waals surface area contributed by atoms with E-state index in [1.54, 1.807) is 42.6 Å². The number of ether oxygens (including phenoxy) is 1. The van der Waals surface area contributed by atoms with Gasteiger partial charge in [-0.05, 0) is 72.3 Å². The molecule has 0 unspecified atom stereocenters. The predicted octanol–water partition coefficient (Wildman–Crippen LogP) is 7.94. The maximum atomic E-state index is 13.6. The zero-order chi connectivity index (χ0) is 26.9. The molecule has 0 fully saturated rings. The molecule has 0 spiro atoms. The number of hydrogen-bond acceptors (Lipinski definition) is 5. The highest BCUT2D eigenvalue weighted by molar-refractivity contribution is 9.10. The Labute approximate surface area is 238 Å². The standard InChI is InChI=1S/C30H18Br2FN3O3/c31-21-8-12-27-19(13-21)15-28(39-27)29-35-25-4-2-1-3-24(25)30(37)36(29)34-16-20-14-22(32)7-11-26(20)38-17-18-5-9-23(33)10-6-18/h1-16H,17H2. The van der Waals surface area contributed by atoms with Crippen LogP contribution < -0.4 is 10.3 Å². The van der Waals surface area contributed by atoms with Gasteiger partial charge in [-0.1, -0.05) is 56.1 Å². The number of halogens is 3. The van der Waals surface area contributed by atoms with Gasteiger partial charge in [0.25, 0.3) is 5.56 Å². The second-order valence-corrected chi connectivity index (χ2v) is 10.5. The topological polar surface area (TPSA) is 69.6 Å². The number of fused-ring (bicyclic) bond motifs is 2. The molecule has 0 bridgehead atoms. The van der Waals surface area contributed by atoms with Crippen molar-refractivity contribution in [2.75, 3.05) is 0 Å². The maximum Gasteiger partial charge on any atom is 0.282 e. The first-order valence-corrected chi connectivity index (χ1v) is 13.5. The van der Waals surface area contributed by atoms with E-state index in [9.17, 15) is 9.18 Å². The van der Waals surface area contributed by atoms with E-state index >= 15 is 0 Å². The number of furan rings is 1. The van der Waals surface area contributed by atoms with Gasteiger partial charge in [-0.3, -0.25) is 4.79 Å². The Balaban J connectivity index is 1.44. The number of hydrogen-bond donors (Lipinski definition) is 0. The van der Waals surface area contributed by atoms with Gasteiger partial charge in [-0.2, -0.15) is 9.78 Å². The van der Waals surface area contributed by atoms with Crippen LogP contribution in [0.1, 0.15) is 11.1 Å². The van der Waals surface area contributed by atoms with Gasteiger partial charge < -0.3 is 9.15 Å². The van der Waals surface area contributed by atoms with Crippen LogP contribution in [0.25, 0.3) is 33.5 Å². The monoisotopic (exact) mass is 645 g/mol. The third-order valence-corrected chi connectivity index (χ3v) is 7.03. The van der Waals surface area contributed by atoms with Crippen molar-refractivity contribution in [3.8, 4) is 17.3 Å². The Morgan fingerprint density at radius 3 is 2.56 bits per heavy atom. The summed E-state index contributed by atoms with van der Waals surface area (Å²) in [7, 11) is 0. The number of benzene rings is 4. The molecule has 0 saturated carbocycles. The van der Waals surface area contributed by atoms with E-state index in [-0.39, 0.29) is 23.8 Å². The fourth-order valence-electron chi connectivity index (χ4n) is 4.13. The van der Waals surface area contributed by atoms with E-state index in [2.05, 4.69) is 37.0 Å². The summed E-state index contributed by atoms with van der Waals surface area (Å²) in [4.78, 5) is 18.3. The minimum Gasteiger partial charge on any atom is -0.488 e. The molecule has 6 rings (SSSR count). The lowest BCUT2D eigenvalue weighted by molar-refractivity contribution is 0.305. The molecule has 39 heavy (non-hydrogen) atoms. The third-order valence-electron chi connectivity index (χ3n) is 6.04. The van der Waals surface area contributed by atoms with Gasteiger partial charge in [0, 0.05) is 19.9 Å². The molecule has 9 heteroatoms. The lowest BCUT2D eigenvalue weighted by atomic mass is 10.2.